The molecular weight excluding hydrogens is 285 g/mol. The summed E-state index contributed by atoms with van der Waals surface area (Å²) in [5, 5.41) is 0. The predicted molar refractivity (Wildman–Crippen MR) is 76.4 cm³/mol. The fourth-order valence-corrected chi connectivity index (χ4v) is 1.41. The Hall–Kier alpha value is -1.40. The topological polar surface area (TPSA) is 119 Å². The van der Waals surface area contributed by atoms with Gasteiger partial charge in [0.15, 0.2) is 0 Å². The third-order valence-electron chi connectivity index (χ3n) is 1.65. The highest BCUT2D eigenvalue weighted by molar-refractivity contribution is 7.51. The van der Waals surface area contributed by atoms with E-state index >= 15 is 0 Å². The molecule has 1 aromatic rings. The zero-order valence-corrected chi connectivity index (χ0v) is 12.5. The molecule has 4 N–H and O–H groups in total. The fourth-order valence-electron chi connectivity index (χ4n) is 0.870. The number of nitrogens with two attached hydrogens (primary N) is 1. The lowest BCUT2D eigenvalue weighted by Crippen LogP contribution is -2.06. The van der Waals surface area contributed by atoms with Crippen LogP contribution in [0.15, 0.2) is 36.4 Å². The monoisotopic (exact) mass is 307 g/mol. The summed E-state index contributed by atoms with van der Waals surface area (Å²) in [4.78, 5) is 27.1. The standard InChI is InChI=1S/C6H6.C5H11O6P.CH5N/c1-2-4-6-5-3-1;1-10-5(6)11-3-2-4-12(7,8)9;1-2/h1-6H;2-4H2,1H3,(H2,7,8,9);2H2,1H3. The van der Waals surface area contributed by atoms with Gasteiger partial charge in [-0.2, -0.15) is 0 Å². The molecule has 0 bridgehead atoms. The van der Waals surface area contributed by atoms with Crippen LogP contribution in [0.5, 0.6) is 0 Å². The molecule has 0 saturated carbocycles. The van der Waals surface area contributed by atoms with Crippen molar-refractivity contribution in [2.45, 2.75) is 6.42 Å². The van der Waals surface area contributed by atoms with Crippen molar-refractivity contribution >= 4 is 13.8 Å². The van der Waals surface area contributed by atoms with Crippen LogP contribution in [-0.4, -0.2) is 42.9 Å². The van der Waals surface area contributed by atoms with E-state index in [-0.39, 0.29) is 19.2 Å². The third kappa shape index (κ3) is 19.0. The van der Waals surface area contributed by atoms with Gasteiger partial charge in [0.1, 0.15) is 0 Å². The Bertz CT molecular complexity index is 341. The number of benzene rings is 1. The van der Waals surface area contributed by atoms with Crippen molar-refractivity contribution < 1.29 is 28.6 Å². The van der Waals surface area contributed by atoms with Crippen LogP contribution >= 0.6 is 7.60 Å². The molecule has 0 aliphatic carbocycles. The molecule has 0 aromatic heterocycles. The van der Waals surface area contributed by atoms with Crippen LogP contribution in [0, 0.1) is 0 Å². The van der Waals surface area contributed by atoms with Gasteiger partial charge in [-0.3, -0.25) is 4.57 Å². The summed E-state index contributed by atoms with van der Waals surface area (Å²) in [6.07, 6.45) is -1.01. The maximum Gasteiger partial charge on any atom is 0.507 e. The second kappa shape index (κ2) is 14.0. The van der Waals surface area contributed by atoms with Crippen molar-refractivity contribution in [2.24, 2.45) is 5.73 Å². The molecule has 7 nitrogen and oxygen atoms in total. The molecule has 1 rings (SSSR count). The first-order valence-electron chi connectivity index (χ1n) is 5.79. The third-order valence-corrected chi connectivity index (χ3v) is 2.55. The fraction of sp³-hybridized carbons (Fsp3) is 0.417. The average molecular weight is 307 g/mol. The van der Waals surface area contributed by atoms with E-state index in [9.17, 15) is 9.36 Å². The van der Waals surface area contributed by atoms with Crippen LogP contribution < -0.4 is 5.73 Å². The van der Waals surface area contributed by atoms with Gasteiger partial charge < -0.3 is 25.0 Å². The minimum atomic E-state index is -3.97. The summed E-state index contributed by atoms with van der Waals surface area (Å²) in [7, 11) is -1.31. The molecule has 0 unspecified atom stereocenters. The Labute approximate surface area is 118 Å². The summed E-state index contributed by atoms with van der Waals surface area (Å²) < 4.78 is 18.8. The molecule has 116 valence electrons. The van der Waals surface area contributed by atoms with E-state index in [0.717, 1.165) is 7.11 Å². The van der Waals surface area contributed by atoms with Gasteiger partial charge in [-0.1, -0.05) is 36.4 Å². The largest absolute Gasteiger partial charge is 0.507 e. The molecular formula is C12H22NO6P. The number of ether oxygens (including phenoxy) is 2. The van der Waals surface area contributed by atoms with E-state index in [1.54, 1.807) is 0 Å². The van der Waals surface area contributed by atoms with Gasteiger partial charge in [-0.25, -0.2) is 4.79 Å². The summed E-state index contributed by atoms with van der Waals surface area (Å²) in [6.45, 7) is -0.0439. The zero-order chi connectivity index (χ0) is 15.9. The lowest BCUT2D eigenvalue weighted by Gasteiger charge is -2.03. The highest BCUT2D eigenvalue weighted by atomic mass is 31.2. The Morgan fingerprint density at radius 2 is 1.50 bits per heavy atom. The van der Waals surface area contributed by atoms with E-state index in [0.29, 0.717) is 0 Å². The maximum atomic E-state index is 10.3. The van der Waals surface area contributed by atoms with Gasteiger partial charge in [-0.15, -0.1) is 0 Å². The summed E-state index contributed by atoms with van der Waals surface area (Å²) in [5.41, 5.74) is 4.50. The molecule has 20 heavy (non-hydrogen) atoms. The van der Waals surface area contributed by atoms with Crippen molar-refractivity contribution in [3.63, 3.8) is 0 Å². The quantitative estimate of drug-likeness (QED) is 0.439. The smallest absolute Gasteiger partial charge is 0.438 e. The van der Waals surface area contributed by atoms with Crippen LogP contribution in [0.3, 0.4) is 0 Å². The Balaban J connectivity index is 0. The first-order chi connectivity index (χ1) is 9.45. The Morgan fingerprint density at radius 3 is 1.80 bits per heavy atom. The van der Waals surface area contributed by atoms with E-state index in [2.05, 4.69) is 15.2 Å². The van der Waals surface area contributed by atoms with E-state index in [1.807, 2.05) is 36.4 Å². The Kier molecular flexibility index (Phi) is 14.7. The Morgan fingerprint density at radius 1 is 1.10 bits per heavy atom. The molecule has 0 spiro atoms. The van der Waals surface area contributed by atoms with E-state index < -0.39 is 13.8 Å². The molecule has 0 heterocycles. The second-order valence-corrected chi connectivity index (χ2v) is 4.98. The van der Waals surface area contributed by atoms with E-state index in [4.69, 9.17) is 9.79 Å². The van der Waals surface area contributed by atoms with Crippen LogP contribution in [0.25, 0.3) is 0 Å². The van der Waals surface area contributed by atoms with Gasteiger partial charge in [0.25, 0.3) is 0 Å². The number of methoxy groups -OCH3 is 1. The number of rotatable bonds is 4. The van der Waals surface area contributed by atoms with Crippen molar-refractivity contribution in [1.29, 1.82) is 0 Å². The summed E-state index contributed by atoms with van der Waals surface area (Å²) in [6, 6.07) is 12.0. The highest BCUT2D eigenvalue weighted by Crippen LogP contribution is 2.34. The lowest BCUT2D eigenvalue weighted by molar-refractivity contribution is 0.0726. The molecule has 0 amide bonds. The van der Waals surface area contributed by atoms with Gasteiger partial charge in [0.2, 0.25) is 0 Å². The van der Waals surface area contributed by atoms with Gasteiger partial charge >= 0.3 is 13.8 Å². The predicted octanol–water partition coefficient (Wildman–Crippen LogP) is 1.60. The average Bonchev–Trinajstić information content (AvgIpc) is 2.47. The number of hydrogen-bond acceptors (Lipinski definition) is 5. The molecule has 0 fully saturated rings. The van der Waals surface area contributed by atoms with Gasteiger partial charge in [0.05, 0.1) is 19.9 Å². The summed E-state index contributed by atoms with van der Waals surface area (Å²) in [5.74, 6) is 0. The van der Waals surface area contributed by atoms with Crippen LogP contribution in [0.1, 0.15) is 6.42 Å². The van der Waals surface area contributed by atoms with Crippen LogP contribution in [0.2, 0.25) is 0 Å². The lowest BCUT2D eigenvalue weighted by atomic mass is 10.4. The van der Waals surface area contributed by atoms with Crippen molar-refractivity contribution in [2.75, 3.05) is 26.9 Å². The van der Waals surface area contributed by atoms with E-state index in [1.165, 1.54) is 7.05 Å². The van der Waals surface area contributed by atoms with Crippen molar-refractivity contribution in [3.05, 3.63) is 36.4 Å². The molecule has 8 heteroatoms. The normalized spacial score (nSPS) is 9.25. The molecule has 1 aromatic carbocycles. The number of carbonyl (C=O) groups is 1. The van der Waals surface area contributed by atoms with Crippen molar-refractivity contribution in [1.82, 2.24) is 0 Å². The molecule has 0 atom stereocenters. The highest BCUT2D eigenvalue weighted by Gasteiger charge is 2.12. The molecule has 0 aliphatic heterocycles. The molecule has 0 aliphatic rings. The zero-order valence-electron chi connectivity index (χ0n) is 11.6. The SMILES string of the molecule is CN.COC(=O)OCCCP(=O)(O)O.c1ccccc1. The number of carbonyl (C=O) groups excluding carboxylic acids is 1. The minimum absolute atomic E-state index is 0.0439. The summed E-state index contributed by atoms with van der Waals surface area (Å²) >= 11 is 0. The van der Waals surface area contributed by atoms with Crippen LogP contribution in [-0.2, 0) is 14.0 Å². The molecule has 0 saturated heterocycles. The first kappa shape index (κ1) is 20.9. The number of hydrogen-bond donors (Lipinski definition) is 3. The molecule has 0 radical (unpaired) electrons. The first-order valence-corrected chi connectivity index (χ1v) is 7.58. The van der Waals surface area contributed by atoms with Crippen molar-refractivity contribution in [3.8, 4) is 0 Å². The van der Waals surface area contributed by atoms with Gasteiger partial charge in [-0.05, 0) is 13.5 Å². The van der Waals surface area contributed by atoms with Gasteiger partial charge in [0, 0.05) is 0 Å². The van der Waals surface area contributed by atoms with Crippen LogP contribution in [0.4, 0.5) is 4.79 Å². The second-order valence-electron chi connectivity index (χ2n) is 3.20. The maximum absolute atomic E-state index is 10.3. The minimum Gasteiger partial charge on any atom is -0.438 e.